The van der Waals surface area contributed by atoms with Gasteiger partial charge in [0, 0.05) is 5.92 Å². The van der Waals surface area contributed by atoms with Gasteiger partial charge in [-0.25, -0.2) is 0 Å². The van der Waals surface area contributed by atoms with Gasteiger partial charge in [0.15, 0.2) is 0 Å². The number of rotatable bonds is 6. The third kappa shape index (κ3) is 4.80. The van der Waals surface area contributed by atoms with Crippen molar-refractivity contribution in [3.63, 3.8) is 0 Å². The van der Waals surface area contributed by atoms with Crippen molar-refractivity contribution in [2.24, 2.45) is 5.92 Å². The fourth-order valence-electron chi connectivity index (χ4n) is 0.970. The molecule has 2 N–H and O–H groups in total. The summed E-state index contributed by atoms with van der Waals surface area (Å²) in [6, 6.07) is 0. The molecule has 0 aliphatic rings. The number of aliphatic hydroxyl groups excluding tert-OH is 2. The largest absolute Gasteiger partial charge is 0.393 e. The van der Waals surface area contributed by atoms with E-state index in [2.05, 4.69) is 6.58 Å². The Morgan fingerprint density at radius 2 is 2.00 bits per heavy atom. The highest BCUT2D eigenvalue weighted by Crippen LogP contribution is 2.18. The van der Waals surface area contributed by atoms with Crippen LogP contribution in [-0.2, 0) is 4.79 Å². The molecule has 0 aromatic heterocycles. The highest BCUT2D eigenvalue weighted by Gasteiger charge is 2.13. The molecule has 3 heteroatoms. The maximum atomic E-state index is 10.1. The smallest absolute Gasteiger partial charge is 0.148 e. The van der Waals surface area contributed by atoms with Crippen molar-refractivity contribution >= 4 is 6.29 Å². The van der Waals surface area contributed by atoms with Crippen LogP contribution in [0.25, 0.3) is 0 Å². The molecule has 0 amide bonds. The van der Waals surface area contributed by atoms with Gasteiger partial charge in [-0.1, -0.05) is 19.1 Å². The van der Waals surface area contributed by atoms with E-state index in [1.165, 1.54) is 0 Å². The third-order valence-electron chi connectivity index (χ3n) is 2.29. The average molecular weight is 186 g/mol. The van der Waals surface area contributed by atoms with Gasteiger partial charge in [-0.2, -0.15) is 0 Å². The van der Waals surface area contributed by atoms with Gasteiger partial charge in [0.1, 0.15) is 12.4 Å². The summed E-state index contributed by atoms with van der Waals surface area (Å²) in [7, 11) is 0. The topological polar surface area (TPSA) is 57.5 Å². The molecule has 3 atom stereocenters. The van der Waals surface area contributed by atoms with Crippen LogP contribution in [0.5, 0.6) is 0 Å². The lowest BCUT2D eigenvalue weighted by atomic mass is 9.93. The van der Waals surface area contributed by atoms with Gasteiger partial charge >= 0.3 is 0 Å². The van der Waals surface area contributed by atoms with Gasteiger partial charge in [0.25, 0.3) is 0 Å². The highest BCUT2D eigenvalue weighted by atomic mass is 16.3. The van der Waals surface area contributed by atoms with E-state index >= 15 is 0 Å². The number of carbonyl (C=O) groups is 1. The summed E-state index contributed by atoms with van der Waals surface area (Å²) in [5, 5.41) is 18.2. The summed E-state index contributed by atoms with van der Waals surface area (Å²) in [6.45, 7) is 7.37. The number of hydrogen-bond donors (Lipinski definition) is 2. The second-order valence-corrected chi connectivity index (χ2v) is 3.43. The third-order valence-corrected chi connectivity index (χ3v) is 2.29. The zero-order chi connectivity index (χ0) is 10.4. The van der Waals surface area contributed by atoms with Gasteiger partial charge in [-0.3, -0.25) is 0 Å². The van der Waals surface area contributed by atoms with Gasteiger partial charge in [-0.05, 0) is 19.8 Å². The average Bonchev–Trinajstić information content (AvgIpc) is 2.11. The number of hydrogen-bond acceptors (Lipinski definition) is 3. The van der Waals surface area contributed by atoms with Crippen molar-refractivity contribution in [2.45, 2.75) is 38.9 Å². The molecule has 0 saturated heterocycles. The quantitative estimate of drug-likeness (QED) is 0.478. The van der Waals surface area contributed by atoms with E-state index in [9.17, 15) is 9.90 Å². The monoisotopic (exact) mass is 186 g/mol. The Hall–Kier alpha value is -0.670. The molecule has 3 nitrogen and oxygen atoms in total. The molecule has 0 aliphatic heterocycles. The van der Waals surface area contributed by atoms with Crippen LogP contribution >= 0.6 is 0 Å². The Bertz CT molecular complexity index is 175. The number of aldehydes is 1. The van der Waals surface area contributed by atoms with Gasteiger partial charge in [-0.15, -0.1) is 0 Å². The minimum absolute atomic E-state index is 0.0128. The molecule has 0 aromatic carbocycles. The minimum Gasteiger partial charge on any atom is -0.393 e. The summed E-state index contributed by atoms with van der Waals surface area (Å²) >= 11 is 0. The molecule has 0 heterocycles. The van der Waals surface area contributed by atoms with Crippen LogP contribution in [0.4, 0.5) is 0 Å². The normalized spacial score (nSPS) is 17.5. The summed E-state index contributed by atoms with van der Waals surface area (Å²) in [5.41, 5.74) is 0.871. The molecule has 3 unspecified atom stereocenters. The molecule has 0 saturated carbocycles. The lowest BCUT2D eigenvalue weighted by molar-refractivity contribution is -0.115. The first-order valence-electron chi connectivity index (χ1n) is 4.48. The molecule has 0 aliphatic carbocycles. The van der Waals surface area contributed by atoms with E-state index in [1.54, 1.807) is 6.92 Å². The summed E-state index contributed by atoms with van der Waals surface area (Å²) in [5.74, 6) is 0.0128. The molecule has 0 fully saturated rings. The van der Waals surface area contributed by atoms with E-state index in [0.717, 1.165) is 5.57 Å². The van der Waals surface area contributed by atoms with Crippen molar-refractivity contribution in [3.8, 4) is 0 Å². The Balaban J connectivity index is 3.80. The summed E-state index contributed by atoms with van der Waals surface area (Å²) in [4.78, 5) is 10.1. The Morgan fingerprint density at radius 1 is 1.46 bits per heavy atom. The maximum Gasteiger partial charge on any atom is 0.148 e. The van der Waals surface area contributed by atoms with Crippen LogP contribution in [-0.4, -0.2) is 28.7 Å². The van der Waals surface area contributed by atoms with Crippen LogP contribution in [0, 0.1) is 5.92 Å². The SMILES string of the molecule is C=C(CCC(O)C=O)C(C)C(C)O. The van der Waals surface area contributed by atoms with E-state index in [1.807, 2.05) is 6.92 Å². The molecular weight excluding hydrogens is 168 g/mol. The van der Waals surface area contributed by atoms with Crippen LogP contribution < -0.4 is 0 Å². The van der Waals surface area contributed by atoms with Crippen molar-refractivity contribution in [3.05, 3.63) is 12.2 Å². The Kier molecular flexibility index (Phi) is 5.58. The van der Waals surface area contributed by atoms with Crippen molar-refractivity contribution < 1.29 is 15.0 Å². The summed E-state index contributed by atoms with van der Waals surface area (Å²) < 4.78 is 0. The molecule has 76 valence electrons. The number of aliphatic hydroxyl groups is 2. The van der Waals surface area contributed by atoms with Gasteiger partial charge in [0.2, 0.25) is 0 Å². The molecular formula is C10H18O3. The second kappa shape index (κ2) is 5.89. The van der Waals surface area contributed by atoms with Gasteiger partial charge in [0.05, 0.1) is 6.10 Å². The second-order valence-electron chi connectivity index (χ2n) is 3.43. The molecule has 0 radical (unpaired) electrons. The van der Waals surface area contributed by atoms with E-state index in [0.29, 0.717) is 19.1 Å². The predicted molar refractivity (Wildman–Crippen MR) is 51.3 cm³/mol. The van der Waals surface area contributed by atoms with Crippen molar-refractivity contribution in [1.82, 2.24) is 0 Å². The Morgan fingerprint density at radius 3 is 2.38 bits per heavy atom. The van der Waals surface area contributed by atoms with E-state index in [4.69, 9.17) is 5.11 Å². The van der Waals surface area contributed by atoms with Crippen LogP contribution in [0.15, 0.2) is 12.2 Å². The van der Waals surface area contributed by atoms with E-state index in [-0.39, 0.29) is 5.92 Å². The lowest BCUT2D eigenvalue weighted by Gasteiger charge is -2.17. The zero-order valence-electron chi connectivity index (χ0n) is 8.23. The molecule has 0 spiro atoms. The number of carbonyl (C=O) groups excluding carboxylic acids is 1. The van der Waals surface area contributed by atoms with Crippen molar-refractivity contribution in [1.29, 1.82) is 0 Å². The minimum atomic E-state index is -0.905. The molecule has 0 rings (SSSR count). The van der Waals surface area contributed by atoms with Crippen LogP contribution in [0.1, 0.15) is 26.7 Å². The molecule has 13 heavy (non-hydrogen) atoms. The molecule has 0 bridgehead atoms. The van der Waals surface area contributed by atoms with E-state index < -0.39 is 12.2 Å². The fraction of sp³-hybridized carbons (Fsp3) is 0.700. The van der Waals surface area contributed by atoms with Crippen molar-refractivity contribution in [2.75, 3.05) is 0 Å². The highest BCUT2D eigenvalue weighted by molar-refractivity contribution is 5.55. The fourth-order valence-corrected chi connectivity index (χ4v) is 0.970. The predicted octanol–water partition coefficient (Wildman–Crippen LogP) is 0.899. The first-order chi connectivity index (χ1) is 5.99. The lowest BCUT2D eigenvalue weighted by Crippen LogP contribution is -2.16. The van der Waals surface area contributed by atoms with Crippen LogP contribution in [0.2, 0.25) is 0 Å². The first-order valence-corrected chi connectivity index (χ1v) is 4.48. The maximum absolute atomic E-state index is 10.1. The summed E-state index contributed by atoms with van der Waals surface area (Å²) in [6.07, 6.45) is 0.143. The van der Waals surface area contributed by atoms with Crippen LogP contribution in [0.3, 0.4) is 0 Å². The Labute approximate surface area is 79.1 Å². The first kappa shape index (κ1) is 12.3. The van der Waals surface area contributed by atoms with Gasteiger partial charge < -0.3 is 15.0 Å². The molecule has 0 aromatic rings. The zero-order valence-corrected chi connectivity index (χ0v) is 8.23. The standard InChI is InChI=1S/C10H18O3/c1-7(8(2)9(3)12)4-5-10(13)6-11/h6,8-10,12-13H,1,4-5H2,2-3H3.